The van der Waals surface area contributed by atoms with Crippen molar-refractivity contribution in [1.29, 1.82) is 0 Å². The van der Waals surface area contributed by atoms with Crippen LogP contribution in [0.2, 0.25) is 13.1 Å². The Morgan fingerprint density at radius 1 is 0.857 bits per heavy atom. The zero-order chi connectivity index (χ0) is 29.2. The molecule has 0 spiro atoms. The molecular formula is C36H41Cl2NOSiTi-2. The molecule has 6 heteroatoms. The maximum atomic E-state index is 7.13. The van der Waals surface area contributed by atoms with Crippen LogP contribution in [0.4, 0.5) is 5.69 Å². The molecule has 0 N–H and O–H groups in total. The SMILES string of the molecule is CCCCC([N-]c1ccccc1)c1ccccc1O[Si](C)(C)C1C(C)=Cc2c(-c3ccccc3)cccc21.[CH3-].[Cl][Ti][Cl]. The number of hydrogen-bond acceptors (Lipinski definition) is 1. The molecule has 42 heavy (non-hydrogen) atoms. The van der Waals surface area contributed by atoms with E-state index in [4.69, 9.17) is 28.4 Å². The molecule has 0 bridgehead atoms. The molecule has 1 aliphatic rings. The first-order valence-electron chi connectivity index (χ1n) is 14.3. The molecular weight excluding hydrogens is 609 g/mol. The van der Waals surface area contributed by atoms with E-state index in [2.05, 4.69) is 130 Å². The summed E-state index contributed by atoms with van der Waals surface area (Å²) in [4.78, 5) is 0. The van der Waals surface area contributed by atoms with Gasteiger partial charge in [0.05, 0.1) is 0 Å². The number of unbranched alkanes of at least 4 members (excludes halogenated alkanes) is 1. The molecule has 4 aromatic carbocycles. The van der Waals surface area contributed by atoms with Gasteiger partial charge in [0, 0.05) is 5.54 Å². The minimum absolute atomic E-state index is 0. The van der Waals surface area contributed by atoms with Gasteiger partial charge in [0.1, 0.15) is 5.75 Å². The zero-order valence-electron chi connectivity index (χ0n) is 25.3. The molecule has 4 aromatic rings. The van der Waals surface area contributed by atoms with E-state index >= 15 is 0 Å². The molecule has 0 aliphatic heterocycles. The molecule has 0 aromatic heterocycles. The third-order valence-corrected chi connectivity index (χ3v) is 10.5. The van der Waals surface area contributed by atoms with Gasteiger partial charge in [-0.25, -0.2) is 0 Å². The third kappa shape index (κ3) is 8.43. The second-order valence-electron chi connectivity index (χ2n) is 10.9. The number of allylic oxidation sites excluding steroid dienone is 1. The fourth-order valence-electron chi connectivity index (χ4n) is 5.92. The van der Waals surface area contributed by atoms with Crippen molar-refractivity contribution in [2.24, 2.45) is 0 Å². The number of rotatable bonds is 10. The minimum atomic E-state index is -2.26. The van der Waals surface area contributed by atoms with Crippen molar-refractivity contribution >= 4 is 38.7 Å². The quantitative estimate of drug-likeness (QED) is 0.124. The standard InChI is InChI=1S/C35H38NOSi.CH3.2ClH.Ti/c1-5-6-23-33(36-28-18-11-8-12-19-28)31-20-13-14-24-34(31)37-38(3,4)35-26(2)25-32-29(21-15-22-30(32)35)27-16-9-7-10-17-27;;;;/h7-22,24-25,33,35H,5-6,23H2,1-4H3;1H3;2*1H;/q2*-1;;;+2/p-2. The van der Waals surface area contributed by atoms with Gasteiger partial charge >= 0.3 is 35.6 Å². The summed E-state index contributed by atoms with van der Waals surface area (Å²) in [6.07, 6.45) is 5.69. The summed E-state index contributed by atoms with van der Waals surface area (Å²) in [6.45, 7) is 9.25. The molecule has 0 heterocycles. The van der Waals surface area contributed by atoms with E-state index in [9.17, 15) is 0 Å². The van der Waals surface area contributed by atoms with Crippen molar-refractivity contribution in [2.45, 2.75) is 57.8 Å². The van der Waals surface area contributed by atoms with Crippen LogP contribution < -0.4 is 4.43 Å². The molecule has 2 nitrogen and oxygen atoms in total. The van der Waals surface area contributed by atoms with E-state index in [1.807, 2.05) is 6.07 Å². The summed E-state index contributed by atoms with van der Waals surface area (Å²) in [5.41, 5.74) is 9.23. The Kier molecular flexibility index (Phi) is 13.5. The van der Waals surface area contributed by atoms with Gasteiger partial charge < -0.3 is 17.2 Å². The van der Waals surface area contributed by atoms with Gasteiger partial charge in [-0.05, 0) is 53.9 Å². The molecule has 0 radical (unpaired) electrons. The predicted molar refractivity (Wildman–Crippen MR) is 183 cm³/mol. The summed E-state index contributed by atoms with van der Waals surface area (Å²) in [6, 6.07) is 36.5. The van der Waals surface area contributed by atoms with Crippen molar-refractivity contribution in [1.82, 2.24) is 0 Å². The van der Waals surface area contributed by atoms with Gasteiger partial charge in [-0.2, -0.15) is 0 Å². The van der Waals surface area contributed by atoms with E-state index in [1.54, 1.807) is 0 Å². The fraction of sp³-hybridized carbons (Fsp3) is 0.250. The Morgan fingerprint density at radius 2 is 1.48 bits per heavy atom. The van der Waals surface area contributed by atoms with Crippen LogP contribution in [0.3, 0.4) is 0 Å². The molecule has 0 amide bonds. The topological polar surface area (TPSA) is 23.3 Å². The van der Waals surface area contributed by atoms with Gasteiger partial charge in [-0.3, -0.25) is 0 Å². The van der Waals surface area contributed by atoms with Crippen LogP contribution >= 0.6 is 18.6 Å². The maximum absolute atomic E-state index is 7.13. The molecule has 2 unspecified atom stereocenters. The summed E-state index contributed by atoms with van der Waals surface area (Å²) >= 11 is -0.556. The van der Waals surface area contributed by atoms with Crippen LogP contribution in [-0.2, 0) is 17.0 Å². The number of benzene rings is 4. The van der Waals surface area contributed by atoms with Crippen LogP contribution in [-0.4, -0.2) is 8.32 Å². The van der Waals surface area contributed by atoms with Crippen molar-refractivity contribution in [2.75, 3.05) is 0 Å². The second-order valence-corrected chi connectivity index (χ2v) is 17.5. The summed E-state index contributed by atoms with van der Waals surface area (Å²) < 4.78 is 7.13. The van der Waals surface area contributed by atoms with Crippen molar-refractivity contribution in [3.8, 4) is 16.9 Å². The van der Waals surface area contributed by atoms with Crippen LogP contribution in [0.15, 0.2) is 109 Å². The Hall–Kier alpha value is -2.27. The Balaban J connectivity index is 0.00000116. The number of para-hydroxylation sites is 2. The molecule has 0 saturated carbocycles. The van der Waals surface area contributed by atoms with E-state index in [1.165, 1.54) is 33.4 Å². The van der Waals surface area contributed by atoms with Crippen LogP contribution in [0.25, 0.3) is 22.5 Å². The monoisotopic (exact) mass is 649 g/mol. The number of halogens is 2. The van der Waals surface area contributed by atoms with Crippen LogP contribution in [0, 0.1) is 7.43 Å². The zero-order valence-corrected chi connectivity index (χ0v) is 29.4. The van der Waals surface area contributed by atoms with E-state index < -0.39 is 25.3 Å². The Morgan fingerprint density at radius 3 is 2.14 bits per heavy atom. The van der Waals surface area contributed by atoms with E-state index in [0.717, 1.165) is 30.7 Å². The number of nitrogens with zero attached hydrogens (tertiary/aromatic N) is 1. The van der Waals surface area contributed by atoms with Gasteiger partial charge in [0.25, 0.3) is 8.32 Å². The molecule has 0 saturated heterocycles. The first kappa shape index (κ1) is 34.2. The van der Waals surface area contributed by atoms with Crippen LogP contribution in [0.5, 0.6) is 5.75 Å². The van der Waals surface area contributed by atoms with E-state index in [0.29, 0.717) is 5.54 Å². The predicted octanol–water partition coefficient (Wildman–Crippen LogP) is 12.4. The fourth-order valence-corrected chi connectivity index (χ4v) is 8.97. The molecule has 2 atom stereocenters. The van der Waals surface area contributed by atoms with Crippen molar-refractivity contribution in [3.05, 3.63) is 138 Å². The average molecular weight is 651 g/mol. The second kappa shape index (κ2) is 16.5. The summed E-state index contributed by atoms with van der Waals surface area (Å²) in [5, 5.41) is 5.17. The molecule has 220 valence electrons. The van der Waals surface area contributed by atoms with Gasteiger partial charge in [-0.15, -0.1) is 5.69 Å². The summed E-state index contributed by atoms with van der Waals surface area (Å²) in [5.74, 6) is 0.991. The first-order valence-corrected chi connectivity index (χ1v) is 21.5. The molecule has 1 aliphatic carbocycles. The normalized spacial score (nSPS) is 14.3. The number of hydrogen-bond donors (Lipinski definition) is 0. The van der Waals surface area contributed by atoms with Crippen molar-refractivity contribution in [3.63, 3.8) is 0 Å². The Labute approximate surface area is 271 Å². The Bertz CT molecular complexity index is 1430. The number of fused-ring (bicyclic) bond motifs is 1. The average Bonchev–Trinajstić information content (AvgIpc) is 3.33. The summed E-state index contributed by atoms with van der Waals surface area (Å²) in [7, 11) is 7.52. The molecule has 0 fully saturated rings. The third-order valence-electron chi connectivity index (χ3n) is 7.60. The van der Waals surface area contributed by atoms with E-state index in [-0.39, 0.29) is 13.5 Å². The van der Waals surface area contributed by atoms with Crippen molar-refractivity contribution < 1.29 is 21.5 Å². The van der Waals surface area contributed by atoms with Gasteiger partial charge in [0.15, 0.2) is 0 Å². The van der Waals surface area contributed by atoms with Gasteiger partial charge in [-0.1, -0.05) is 141 Å². The van der Waals surface area contributed by atoms with Crippen LogP contribution in [0.1, 0.15) is 61.4 Å². The molecule has 5 rings (SSSR count). The first-order chi connectivity index (χ1) is 19.9. The van der Waals surface area contributed by atoms with Gasteiger partial charge in [0.2, 0.25) is 0 Å².